The molecule has 0 aromatic heterocycles. The van der Waals surface area contributed by atoms with Crippen molar-refractivity contribution in [2.24, 2.45) is 0 Å². The Bertz CT molecular complexity index is 1200. The number of nitrogens with zero attached hydrogens (tertiary/aromatic N) is 1. The summed E-state index contributed by atoms with van der Waals surface area (Å²) in [6, 6.07) is 34.6. The van der Waals surface area contributed by atoms with Gasteiger partial charge in [0, 0.05) is 25.2 Å². The van der Waals surface area contributed by atoms with Crippen LogP contribution in [-0.4, -0.2) is 30.0 Å². The molecule has 0 unspecified atom stereocenters. The Kier molecular flexibility index (Phi) is 6.87. The van der Waals surface area contributed by atoms with Crippen molar-refractivity contribution in [3.05, 3.63) is 137 Å². The minimum Gasteiger partial charge on any atom is -0.488 e. The Morgan fingerprint density at radius 3 is 1.97 bits per heavy atom. The van der Waals surface area contributed by atoms with E-state index in [-0.39, 0.29) is 23.9 Å². The van der Waals surface area contributed by atoms with E-state index in [1.54, 1.807) is 24.3 Å². The van der Waals surface area contributed by atoms with Gasteiger partial charge in [0.1, 0.15) is 17.7 Å². The lowest BCUT2D eigenvalue weighted by atomic mass is 9.94. The molecule has 5 rings (SSSR count). The van der Waals surface area contributed by atoms with Gasteiger partial charge in [-0.2, -0.15) is 0 Å². The highest BCUT2D eigenvalue weighted by atomic mass is 19.1. The zero-order valence-electron chi connectivity index (χ0n) is 19.3. The van der Waals surface area contributed by atoms with Crippen LogP contribution in [0.3, 0.4) is 0 Å². The molecule has 4 nitrogen and oxygen atoms in total. The summed E-state index contributed by atoms with van der Waals surface area (Å²) in [7, 11) is 0. The summed E-state index contributed by atoms with van der Waals surface area (Å²) >= 11 is 0. The van der Waals surface area contributed by atoms with E-state index in [2.05, 4.69) is 58.7 Å². The normalized spacial score (nSPS) is 13.9. The lowest BCUT2D eigenvalue weighted by Crippen LogP contribution is -2.55. The predicted molar refractivity (Wildman–Crippen MR) is 135 cm³/mol. The van der Waals surface area contributed by atoms with Crippen LogP contribution in [0.25, 0.3) is 0 Å². The molecule has 0 spiro atoms. The lowest BCUT2D eigenvalue weighted by molar-refractivity contribution is 0.000287. The number of ether oxygens (including phenoxy) is 1. The summed E-state index contributed by atoms with van der Waals surface area (Å²) in [5.41, 5.74) is 3.95. The molecule has 176 valence electrons. The van der Waals surface area contributed by atoms with Gasteiger partial charge in [-0.1, -0.05) is 72.8 Å². The van der Waals surface area contributed by atoms with Crippen molar-refractivity contribution >= 4 is 5.91 Å². The number of rotatable bonds is 8. The first kappa shape index (κ1) is 22.8. The number of benzene rings is 4. The van der Waals surface area contributed by atoms with Crippen LogP contribution < -0.4 is 10.1 Å². The quantitative estimate of drug-likeness (QED) is 0.367. The molecule has 0 atom stereocenters. The largest absolute Gasteiger partial charge is 0.488 e. The monoisotopic (exact) mass is 466 g/mol. The Labute approximate surface area is 205 Å². The Morgan fingerprint density at radius 2 is 1.40 bits per heavy atom. The molecule has 0 saturated carbocycles. The Balaban J connectivity index is 1.16. The number of carbonyl (C=O) groups is 1. The zero-order chi connectivity index (χ0) is 24.0. The van der Waals surface area contributed by atoms with Crippen molar-refractivity contribution in [2.45, 2.75) is 18.7 Å². The fourth-order valence-corrected chi connectivity index (χ4v) is 4.40. The van der Waals surface area contributed by atoms with Crippen LogP contribution in [0, 0.1) is 5.82 Å². The van der Waals surface area contributed by atoms with E-state index >= 15 is 0 Å². The highest BCUT2D eigenvalue weighted by molar-refractivity contribution is 5.94. The molecule has 1 heterocycles. The topological polar surface area (TPSA) is 41.6 Å². The van der Waals surface area contributed by atoms with Gasteiger partial charge in [0.05, 0.1) is 6.04 Å². The fraction of sp³-hybridized carbons (Fsp3) is 0.167. The van der Waals surface area contributed by atoms with Gasteiger partial charge >= 0.3 is 0 Å². The van der Waals surface area contributed by atoms with Gasteiger partial charge in [-0.25, -0.2) is 4.39 Å². The van der Waals surface area contributed by atoms with Gasteiger partial charge in [-0.05, 0) is 53.1 Å². The first-order chi connectivity index (χ1) is 17.2. The third-order valence-corrected chi connectivity index (χ3v) is 6.26. The summed E-state index contributed by atoms with van der Waals surface area (Å²) < 4.78 is 19.2. The van der Waals surface area contributed by atoms with Crippen LogP contribution in [0.1, 0.15) is 33.1 Å². The molecule has 1 saturated heterocycles. The minimum atomic E-state index is -0.291. The summed E-state index contributed by atoms with van der Waals surface area (Å²) in [6.45, 7) is 2.00. The number of hydrogen-bond acceptors (Lipinski definition) is 3. The second-order valence-electron chi connectivity index (χ2n) is 8.75. The van der Waals surface area contributed by atoms with Gasteiger partial charge in [0.25, 0.3) is 5.91 Å². The predicted octanol–water partition coefficient (Wildman–Crippen LogP) is 5.61. The van der Waals surface area contributed by atoms with Crippen LogP contribution in [0.4, 0.5) is 4.39 Å². The minimum absolute atomic E-state index is 0.100. The van der Waals surface area contributed by atoms with Crippen LogP contribution >= 0.6 is 0 Å². The molecule has 1 amide bonds. The first-order valence-electron chi connectivity index (χ1n) is 11.8. The van der Waals surface area contributed by atoms with Gasteiger partial charge in [-0.15, -0.1) is 0 Å². The highest BCUT2D eigenvalue weighted by Crippen LogP contribution is 2.33. The molecule has 4 aromatic rings. The van der Waals surface area contributed by atoms with Crippen LogP contribution in [-0.2, 0) is 6.54 Å². The van der Waals surface area contributed by atoms with E-state index in [4.69, 9.17) is 4.74 Å². The average molecular weight is 467 g/mol. The van der Waals surface area contributed by atoms with Gasteiger partial charge in [0.15, 0.2) is 0 Å². The molecular weight excluding hydrogens is 439 g/mol. The van der Waals surface area contributed by atoms with E-state index in [1.807, 2.05) is 24.3 Å². The summed E-state index contributed by atoms with van der Waals surface area (Å²) in [4.78, 5) is 14.9. The second-order valence-corrected chi connectivity index (χ2v) is 8.75. The van der Waals surface area contributed by atoms with E-state index in [0.717, 1.165) is 24.4 Å². The van der Waals surface area contributed by atoms with Crippen molar-refractivity contribution in [3.63, 3.8) is 0 Å². The highest BCUT2D eigenvalue weighted by Gasteiger charge is 2.35. The molecule has 5 heteroatoms. The summed E-state index contributed by atoms with van der Waals surface area (Å²) in [5, 5.41) is 2.86. The third-order valence-electron chi connectivity index (χ3n) is 6.26. The number of carbonyl (C=O) groups excluding carboxylic acids is 1. The number of amides is 1. The molecule has 35 heavy (non-hydrogen) atoms. The van der Waals surface area contributed by atoms with Crippen LogP contribution in [0.2, 0.25) is 0 Å². The van der Waals surface area contributed by atoms with Crippen molar-refractivity contribution in [3.8, 4) is 5.75 Å². The second kappa shape index (κ2) is 10.5. The van der Waals surface area contributed by atoms with E-state index < -0.39 is 0 Å². The van der Waals surface area contributed by atoms with Crippen LogP contribution in [0.5, 0.6) is 5.75 Å². The maximum Gasteiger partial charge on any atom is 0.251 e. The third kappa shape index (κ3) is 5.58. The molecule has 1 aliphatic heterocycles. The lowest BCUT2D eigenvalue weighted by Gasteiger charge is -2.44. The van der Waals surface area contributed by atoms with Crippen molar-refractivity contribution in [2.75, 3.05) is 13.1 Å². The van der Waals surface area contributed by atoms with Crippen molar-refractivity contribution < 1.29 is 13.9 Å². The van der Waals surface area contributed by atoms with E-state index in [9.17, 15) is 9.18 Å². The van der Waals surface area contributed by atoms with E-state index in [1.165, 1.54) is 23.3 Å². The SMILES string of the molecule is O=C(NCc1ccc(F)cc1)c1ccc(OC2CN(C(c3ccccc3)c3ccccc3)C2)cc1. The fourth-order valence-electron chi connectivity index (χ4n) is 4.40. The standard InChI is InChI=1S/C30H27FN2O2/c31-26-15-11-22(12-16-26)19-32-30(34)25-13-17-27(18-14-25)35-28-20-33(21-28)29(23-7-3-1-4-8-23)24-9-5-2-6-10-24/h1-18,28-29H,19-21H2,(H,32,34). The molecule has 0 radical (unpaired) electrons. The van der Waals surface area contributed by atoms with Gasteiger partial charge in [-0.3, -0.25) is 9.69 Å². The molecule has 4 aromatic carbocycles. The van der Waals surface area contributed by atoms with Crippen molar-refractivity contribution in [1.29, 1.82) is 0 Å². The first-order valence-corrected chi connectivity index (χ1v) is 11.8. The average Bonchev–Trinajstić information content (AvgIpc) is 2.88. The number of likely N-dealkylation sites (tertiary alicyclic amines) is 1. The summed E-state index contributed by atoms with van der Waals surface area (Å²) in [5.74, 6) is 0.283. The molecule has 0 aliphatic carbocycles. The molecule has 0 bridgehead atoms. The number of nitrogens with one attached hydrogen (secondary N) is 1. The molecular formula is C30H27FN2O2. The number of halogens is 1. The zero-order valence-corrected chi connectivity index (χ0v) is 19.3. The maximum atomic E-state index is 13.0. The van der Waals surface area contributed by atoms with Crippen molar-refractivity contribution in [1.82, 2.24) is 10.2 Å². The number of hydrogen-bond donors (Lipinski definition) is 1. The summed E-state index contributed by atoms with van der Waals surface area (Å²) in [6.07, 6.45) is 0.100. The van der Waals surface area contributed by atoms with E-state index in [0.29, 0.717) is 12.1 Å². The molecule has 1 fully saturated rings. The Morgan fingerprint density at radius 1 is 0.829 bits per heavy atom. The molecule has 1 aliphatic rings. The smallest absolute Gasteiger partial charge is 0.251 e. The van der Waals surface area contributed by atoms with Gasteiger partial charge in [0.2, 0.25) is 0 Å². The van der Waals surface area contributed by atoms with Crippen LogP contribution in [0.15, 0.2) is 109 Å². The molecule has 1 N–H and O–H groups in total. The maximum absolute atomic E-state index is 13.0. The van der Waals surface area contributed by atoms with Gasteiger partial charge < -0.3 is 10.1 Å². The Hall–Kier alpha value is -3.96.